The molecule has 0 bridgehead atoms. The summed E-state index contributed by atoms with van der Waals surface area (Å²) in [7, 11) is 1.80. The molecule has 0 aliphatic carbocycles. The third-order valence-electron chi connectivity index (χ3n) is 2.82. The van der Waals surface area contributed by atoms with E-state index in [0.717, 1.165) is 32.5 Å². The minimum atomic E-state index is 0. The summed E-state index contributed by atoms with van der Waals surface area (Å²) in [5.41, 5.74) is 5.60. The predicted octanol–water partition coefficient (Wildman–Crippen LogP) is 1.76. The molecular weight excluding hydrogens is 246 g/mol. The fourth-order valence-electron chi connectivity index (χ4n) is 1.92. The van der Waals surface area contributed by atoms with Gasteiger partial charge in [-0.05, 0) is 12.8 Å². The van der Waals surface area contributed by atoms with Crippen molar-refractivity contribution in [1.29, 1.82) is 0 Å². The molecule has 1 aromatic rings. The normalized spacial score (nSPS) is 18.3. The molecular formula is C10H18ClN3OS. The molecule has 2 heterocycles. The summed E-state index contributed by atoms with van der Waals surface area (Å²) in [6.45, 7) is 3.19. The maximum atomic E-state index is 5.60. The Hall–Kier alpha value is -0.360. The van der Waals surface area contributed by atoms with Crippen LogP contribution in [0.1, 0.15) is 17.7 Å². The van der Waals surface area contributed by atoms with Crippen LogP contribution in [0.5, 0.6) is 0 Å². The van der Waals surface area contributed by atoms with Crippen molar-refractivity contribution in [3.63, 3.8) is 0 Å². The third-order valence-corrected chi connectivity index (χ3v) is 3.63. The van der Waals surface area contributed by atoms with E-state index < -0.39 is 0 Å². The molecule has 2 rings (SSSR count). The van der Waals surface area contributed by atoms with Crippen LogP contribution in [0.25, 0.3) is 0 Å². The van der Waals surface area contributed by atoms with Gasteiger partial charge in [-0.2, -0.15) is 0 Å². The summed E-state index contributed by atoms with van der Waals surface area (Å²) in [4.78, 5) is 7.74. The Balaban J connectivity index is 0.00000128. The maximum absolute atomic E-state index is 5.60. The van der Waals surface area contributed by atoms with Crippen LogP contribution in [-0.4, -0.2) is 36.2 Å². The molecule has 0 unspecified atom stereocenters. The Morgan fingerprint density at radius 3 is 2.75 bits per heavy atom. The van der Waals surface area contributed by atoms with Gasteiger partial charge in [0.15, 0.2) is 5.13 Å². The first-order valence-corrected chi connectivity index (χ1v) is 6.05. The summed E-state index contributed by atoms with van der Waals surface area (Å²) in [5, 5.41) is 0.664. The molecule has 1 aromatic heterocycles. The van der Waals surface area contributed by atoms with Crippen LogP contribution < -0.4 is 5.73 Å². The number of nitrogen functional groups attached to an aromatic ring is 1. The number of nitrogens with zero attached hydrogens (tertiary/aromatic N) is 2. The monoisotopic (exact) mass is 263 g/mol. The smallest absolute Gasteiger partial charge is 0.180 e. The first kappa shape index (κ1) is 13.7. The van der Waals surface area contributed by atoms with Gasteiger partial charge in [-0.25, -0.2) is 4.98 Å². The van der Waals surface area contributed by atoms with E-state index in [4.69, 9.17) is 10.5 Å². The number of hydrogen-bond acceptors (Lipinski definition) is 5. The van der Waals surface area contributed by atoms with Crippen LogP contribution in [0.4, 0.5) is 5.13 Å². The van der Waals surface area contributed by atoms with Crippen molar-refractivity contribution < 1.29 is 4.74 Å². The van der Waals surface area contributed by atoms with Gasteiger partial charge in [0.05, 0.1) is 6.10 Å². The van der Waals surface area contributed by atoms with Crippen molar-refractivity contribution in [2.45, 2.75) is 25.5 Å². The third kappa shape index (κ3) is 3.59. The van der Waals surface area contributed by atoms with Crippen molar-refractivity contribution in [3.8, 4) is 0 Å². The van der Waals surface area contributed by atoms with Crippen LogP contribution in [0.3, 0.4) is 0 Å². The highest BCUT2D eigenvalue weighted by Gasteiger charge is 2.18. The molecule has 92 valence electrons. The Kier molecular flexibility index (Phi) is 5.48. The summed E-state index contributed by atoms with van der Waals surface area (Å²) < 4.78 is 5.34. The zero-order chi connectivity index (χ0) is 10.7. The molecule has 6 heteroatoms. The van der Waals surface area contributed by atoms with Crippen molar-refractivity contribution in [2.24, 2.45) is 0 Å². The van der Waals surface area contributed by atoms with Crippen LogP contribution in [0, 0.1) is 0 Å². The number of halogens is 1. The number of anilines is 1. The number of ether oxygens (including phenoxy) is 1. The Labute approximate surface area is 106 Å². The molecule has 0 radical (unpaired) electrons. The number of piperidine rings is 1. The summed E-state index contributed by atoms with van der Waals surface area (Å²) in [6.07, 6.45) is 4.59. The van der Waals surface area contributed by atoms with E-state index in [1.807, 2.05) is 6.20 Å². The number of methoxy groups -OCH3 is 1. The van der Waals surface area contributed by atoms with Gasteiger partial charge in [-0.15, -0.1) is 23.7 Å². The molecule has 1 saturated heterocycles. The molecule has 1 aliphatic heterocycles. The molecule has 0 atom stereocenters. The number of likely N-dealkylation sites (tertiary alicyclic amines) is 1. The van der Waals surface area contributed by atoms with E-state index in [1.165, 1.54) is 4.88 Å². The maximum Gasteiger partial charge on any atom is 0.180 e. The highest BCUT2D eigenvalue weighted by Crippen LogP contribution is 2.20. The van der Waals surface area contributed by atoms with Gasteiger partial charge in [-0.1, -0.05) is 0 Å². The molecule has 4 nitrogen and oxygen atoms in total. The zero-order valence-corrected chi connectivity index (χ0v) is 11.0. The van der Waals surface area contributed by atoms with Gasteiger partial charge >= 0.3 is 0 Å². The van der Waals surface area contributed by atoms with Crippen molar-refractivity contribution >= 4 is 28.9 Å². The molecule has 2 N–H and O–H groups in total. The van der Waals surface area contributed by atoms with E-state index in [9.17, 15) is 0 Å². The second-order valence-corrected chi connectivity index (χ2v) is 5.02. The average Bonchev–Trinajstić information content (AvgIpc) is 2.65. The van der Waals surface area contributed by atoms with E-state index >= 15 is 0 Å². The lowest BCUT2D eigenvalue weighted by molar-refractivity contribution is 0.0391. The molecule has 16 heavy (non-hydrogen) atoms. The van der Waals surface area contributed by atoms with Crippen LogP contribution in [-0.2, 0) is 11.3 Å². The zero-order valence-electron chi connectivity index (χ0n) is 9.39. The van der Waals surface area contributed by atoms with Crippen molar-refractivity contribution in [2.75, 3.05) is 25.9 Å². The molecule has 1 fully saturated rings. The summed E-state index contributed by atoms with van der Waals surface area (Å²) >= 11 is 1.58. The van der Waals surface area contributed by atoms with Crippen molar-refractivity contribution in [1.82, 2.24) is 9.88 Å². The molecule has 1 aliphatic rings. The van der Waals surface area contributed by atoms with E-state index in [0.29, 0.717) is 11.2 Å². The fourth-order valence-corrected chi connectivity index (χ4v) is 2.65. The van der Waals surface area contributed by atoms with Crippen molar-refractivity contribution in [3.05, 3.63) is 11.1 Å². The van der Waals surface area contributed by atoms with Gasteiger partial charge in [0.25, 0.3) is 0 Å². The van der Waals surface area contributed by atoms with Crippen LogP contribution in [0.15, 0.2) is 6.20 Å². The lowest BCUT2D eigenvalue weighted by Gasteiger charge is -2.30. The number of rotatable bonds is 3. The Morgan fingerprint density at radius 1 is 1.56 bits per heavy atom. The SMILES string of the molecule is COC1CCN(Cc2cnc(N)s2)CC1.Cl. The number of thiazole rings is 1. The second-order valence-electron chi connectivity index (χ2n) is 3.88. The molecule has 0 aromatic carbocycles. The second kappa shape index (κ2) is 6.39. The van der Waals surface area contributed by atoms with Crippen LogP contribution >= 0.6 is 23.7 Å². The predicted molar refractivity (Wildman–Crippen MR) is 69.1 cm³/mol. The minimum Gasteiger partial charge on any atom is -0.381 e. The quantitative estimate of drug-likeness (QED) is 0.903. The van der Waals surface area contributed by atoms with Gasteiger partial charge in [-0.3, -0.25) is 4.90 Å². The van der Waals surface area contributed by atoms with Gasteiger partial charge in [0, 0.05) is 37.8 Å². The highest BCUT2D eigenvalue weighted by molar-refractivity contribution is 7.15. The van der Waals surface area contributed by atoms with Gasteiger partial charge in [0.2, 0.25) is 0 Å². The van der Waals surface area contributed by atoms with E-state index in [-0.39, 0.29) is 12.4 Å². The summed E-state index contributed by atoms with van der Waals surface area (Å²) in [5.74, 6) is 0. The van der Waals surface area contributed by atoms with E-state index in [1.54, 1.807) is 18.4 Å². The standard InChI is InChI=1S/C10H17N3OS.ClH/c1-14-8-2-4-13(5-3-8)7-9-6-12-10(11)15-9;/h6,8H,2-5,7H2,1H3,(H2,11,12);1H. The first-order valence-electron chi connectivity index (χ1n) is 5.23. The summed E-state index contributed by atoms with van der Waals surface area (Å²) in [6, 6.07) is 0. The highest BCUT2D eigenvalue weighted by atomic mass is 35.5. The minimum absolute atomic E-state index is 0. The number of aromatic nitrogens is 1. The topological polar surface area (TPSA) is 51.4 Å². The first-order chi connectivity index (χ1) is 7.28. The molecule has 0 amide bonds. The van der Waals surface area contributed by atoms with Crippen LogP contribution in [0.2, 0.25) is 0 Å². The molecule has 0 spiro atoms. The van der Waals surface area contributed by atoms with Gasteiger partial charge < -0.3 is 10.5 Å². The molecule has 0 saturated carbocycles. The number of nitrogens with two attached hydrogens (primary N) is 1. The average molecular weight is 264 g/mol. The lowest BCUT2D eigenvalue weighted by Crippen LogP contribution is -2.35. The number of hydrogen-bond donors (Lipinski definition) is 1. The van der Waals surface area contributed by atoms with Gasteiger partial charge in [0.1, 0.15) is 0 Å². The lowest BCUT2D eigenvalue weighted by atomic mass is 10.1. The Morgan fingerprint density at radius 2 is 2.25 bits per heavy atom. The van der Waals surface area contributed by atoms with E-state index in [2.05, 4.69) is 9.88 Å². The largest absolute Gasteiger partial charge is 0.381 e. The Bertz CT molecular complexity index is 313. The fraction of sp³-hybridized carbons (Fsp3) is 0.700.